The molecule has 5 heteroatoms. The fourth-order valence-corrected chi connectivity index (χ4v) is 4.96. The second-order valence-corrected chi connectivity index (χ2v) is 8.29. The van der Waals surface area contributed by atoms with E-state index in [2.05, 4.69) is 12.2 Å². The molecular formula is C14H21NO3S. The first-order chi connectivity index (χ1) is 9.05. The molecule has 0 aromatic heterocycles. The van der Waals surface area contributed by atoms with Crippen molar-refractivity contribution in [1.82, 2.24) is 4.90 Å². The van der Waals surface area contributed by atoms with Crippen molar-refractivity contribution >= 4 is 15.7 Å². The van der Waals surface area contributed by atoms with Crippen molar-refractivity contribution in [1.29, 1.82) is 0 Å². The summed E-state index contributed by atoms with van der Waals surface area (Å²) in [5.41, 5.74) is 0. The fraction of sp³-hybridized carbons (Fsp3) is 0.786. The van der Waals surface area contributed by atoms with E-state index in [1.807, 2.05) is 4.90 Å². The standard InChI is InChI=1S/C14H21NO3S/c16-14(9-11-3-1-2-4-11)15(12-5-6-12)13-7-8-19(17,18)10-13/h1,3,11-13H,2,4-10H2/t11-,13-/m1/s1. The van der Waals surface area contributed by atoms with Gasteiger partial charge in [0.1, 0.15) is 0 Å². The summed E-state index contributed by atoms with van der Waals surface area (Å²) in [6.07, 6.45) is 9.68. The number of carbonyl (C=O) groups is 1. The van der Waals surface area contributed by atoms with Crippen molar-refractivity contribution in [2.75, 3.05) is 11.5 Å². The van der Waals surface area contributed by atoms with E-state index in [4.69, 9.17) is 0 Å². The molecule has 19 heavy (non-hydrogen) atoms. The Bertz CT molecular complexity index is 493. The molecule has 0 N–H and O–H groups in total. The Labute approximate surface area is 114 Å². The molecule has 106 valence electrons. The van der Waals surface area contributed by atoms with Crippen LogP contribution >= 0.6 is 0 Å². The first kappa shape index (κ1) is 13.2. The molecule has 2 aliphatic carbocycles. The summed E-state index contributed by atoms with van der Waals surface area (Å²) < 4.78 is 23.2. The molecule has 4 nitrogen and oxygen atoms in total. The molecule has 3 aliphatic rings. The van der Waals surface area contributed by atoms with Crippen molar-refractivity contribution in [3.63, 3.8) is 0 Å². The number of nitrogens with zero attached hydrogens (tertiary/aromatic N) is 1. The van der Waals surface area contributed by atoms with Crippen LogP contribution in [0.5, 0.6) is 0 Å². The van der Waals surface area contributed by atoms with Crippen LogP contribution in [0.3, 0.4) is 0 Å². The first-order valence-electron chi connectivity index (χ1n) is 7.23. The van der Waals surface area contributed by atoms with Gasteiger partial charge in [0, 0.05) is 18.5 Å². The van der Waals surface area contributed by atoms with Crippen LogP contribution in [0.4, 0.5) is 0 Å². The van der Waals surface area contributed by atoms with Crippen molar-refractivity contribution < 1.29 is 13.2 Å². The van der Waals surface area contributed by atoms with Crippen molar-refractivity contribution in [3.05, 3.63) is 12.2 Å². The summed E-state index contributed by atoms with van der Waals surface area (Å²) in [5, 5.41) is 0. The lowest BCUT2D eigenvalue weighted by molar-refractivity contribution is -0.134. The SMILES string of the molecule is O=C(C[C@@H]1C=CCC1)N(C1CC1)[C@@H]1CCS(=O)(=O)C1. The molecule has 1 heterocycles. The van der Waals surface area contributed by atoms with Gasteiger partial charge < -0.3 is 4.90 Å². The molecule has 0 aromatic carbocycles. The van der Waals surface area contributed by atoms with E-state index in [1.165, 1.54) is 0 Å². The number of rotatable bonds is 4. The average Bonchev–Trinajstić information content (AvgIpc) is 2.90. The van der Waals surface area contributed by atoms with Crippen molar-refractivity contribution in [2.45, 2.75) is 50.6 Å². The summed E-state index contributed by atoms with van der Waals surface area (Å²) in [4.78, 5) is 14.4. The van der Waals surface area contributed by atoms with E-state index in [0.29, 0.717) is 24.8 Å². The van der Waals surface area contributed by atoms with E-state index in [1.54, 1.807) is 0 Å². The smallest absolute Gasteiger partial charge is 0.223 e. The van der Waals surface area contributed by atoms with Gasteiger partial charge in [-0.15, -0.1) is 0 Å². The maximum absolute atomic E-state index is 12.5. The van der Waals surface area contributed by atoms with Gasteiger partial charge in [0.25, 0.3) is 0 Å². The Morgan fingerprint density at radius 2 is 1.95 bits per heavy atom. The van der Waals surface area contributed by atoms with Gasteiger partial charge in [-0.25, -0.2) is 8.42 Å². The highest BCUT2D eigenvalue weighted by atomic mass is 32.2. The van der Waals surface area contributed by atoms with Crippen LogP contribution in [0, 0.1) is 5.92 Å². The van der Waals surface area contributed by atoms with Crippen LogP contribution in [0.1, 0.15) is 38.5 Å². The Hall–Kier alpha value is -0.840. The van der Waals surface area contributed by atoms with E-state index < -0.39 is 9.84 Å². The third kappa shape index (κ3) is 3.02. The highest BCUT2D eigenvalue weighted by molar-refractivity contribution is 7.91. The van der Waals surface area contributed by atoms with Crippen LogP contribution in [-0.4, -0.2) is 42.8 Å². The predicted octanol–water partition coefficient (Wildman–Crippen LogP) is 1.52. The van der Waals surface area contributed by atoms with E-state index in [-0.39, 0.29) is 23.5 Å². The highest BCUT2D eigenvalue weighted by Gasteiger charge is 2.42. The average molecular weight is 283 g/mol. The van der Waals surface area contributed by atoms with Gasteiger partial charge in [-0.1, -0.05) is 12.2 Å². The summed E-state index contributed by atoms with van der Waals surface area (Å²) >= 11 is 0. The molecule has 0 spiro atoms. The normalized spacial score (nSPS) is 32.6. The summed E-state index contributed by atoms with van der Waals surface area (Å²) in [5.74, 6) is 0.959. The molecule has 2 atom stereocenters. The van der Waals surface area contributed by atoms with E-state index in [9.17, 15) is 13.2 Å². The number of sulfone groups is 1. The highest BCUT2D eigenvalue weighted by Crippen LogP contribution is 2.34. The Kier molecular flexibility index (Phi) is 3.41. The molecule has 1 amide bonds. The second-order valence-electron chi connectivity index (χ2n) is 6.06. The lowest BCUT2D eigenvalue weighted by Crippen LogP contribution is -2.43. The minimum absolute atomic E-state index is 0.0598. The zero-order valence-electron chi connectivity index (χ0n) is 11.1. The molecule has 3 rings (SSSR count). The van der Waals surface area contributed by atoms with Gasteiger partial charge in [0.15, 0.2) is 9.84 Å². The summed E-state index contributed by atoms with van der Waals surface area (Å²) in [6.45, 7) is 0. The van der Waals surface area contributed by atoms with Crippen LogP contribution < -0.4 is 0 Å². The Morgan fingerprint density at radius 3 is 2.47 bits per heavy atom. The molecular weight excluding hydrogens is 262 g/mol. The molecule has 2 fully saturated rings. The Morgan fingerprint density at radius 1 is 1.16 bits per heavy atom. The number of amides is 1. The van der Waals surface area contributed by atoms with Crippen LogP contribution in [0.15, 0.2) is 12.2 Å². The number of hydrogen-bond acceptors (Lipinski definition) is 3. The number of allylic oxidation sites excluding steroid dienone is 2. The van der Waals surface area contributed by atoms with Crippen LogP contribution in [-0.2, 0) is 14.6 Å². The van der Waals surface area contributed by atoms with E-state index in [0.717, 1.165) is 25.7 Å². The third-order valence-electron chi connectivity index (χ3n) is 4.38. The largest absolute Gasteiger partial charge is 0.336 e. The third-order valence-corrected chi connectivity index (χ3v) is 6.13. The Balaban J connectivity index is 1.67. The first-order valence-corrected chi connectivity index (χ1v) is 9.05. The minimum atomic E-state index is -2.91. The maximum Gasteiger partial charge on any atom is 0.223 e. The lowest BCUT2D eigenvalue weighted by Gasteiger charge is -2.29. The molecule has 0 unspecified atom stereocenters. The minimum Gasteiger partial charge on any atom is -0.336 e. The van der Waals surface area contributed by atoms with Crippen molar-refractivity contribution in [3.8, 4) is 0 Å². The molecule has 0 aromatic rings. The quantitative estimate of drug-likeness (QED) is 0.735. The lowest BCUT2D eigenvalue weighted by atomic mass is 10.0. The van der Waals surface area contributed by atoms with Gasteiger partial charge in [-0.3, -0.25) is 4.79 Å². The van der Waals surface area contributed by atoms with E-state index >= 15 is 0 Å². The molecule has 0 radical (unpaired) electrons. The predicted molar refractivity (Wildman–Crippen MR) is 73.4 cm³/mol. The van der Waals surface area contributed by atoms with Gasteiger partial charge >= 0.3 is 0 Å². The number of hydrogen-bond donors (Lipinski definition) is 0. The second kappa shape index (κ2) is 4.93. The van der Waals surface area contributed by atoms with Gasteiger partial charge in [0.2, 0.25) is 5.91 Å². The summed E-state index contributed by atoms with van der Waals surface area (Å²) in [6, 6.07) is 0.256. The van der Waals surface area contributed by atoms with Gasteiger partial charge in [-0.2, -0.15) is 0 Å². The molecule has 1 aliphatic heterocycles. The van der Waals surface area contributed by atoms with Crippen LogP contribution in [0.25, 0.3) is 0 Å². The molecule has 0 bridgehead atoms. The topological polar surface area (TPSA) is 54.5 Å². The fourth-order valence-electron chi connectivity index (χ4n) is 3.25. The maximum atomic E-state index is 12.5. The zero-order chi connectivity index (χ0) is 13.5. The van der Waals surface area contributed by atoms with Gasteiger partial charge in [0.05, 0.1) is 11.5 Å². The van der Waals surface area contributed by atoms with Crippen LogP contribution in [0.2, 0.25) is 0 Å². The monoisotopic (exact) mass is 283 g/mol. The van der Waals surface area contributed by atoms with Gasteiger partial charge in [-0.05, 0) is 38.0 Å². The molecule has 1 saturated heterocycles. The number of carbonyl (C=O) groups excluding carboxylic acids is 1. The van der Waals surface area contributed by atoms with Crippen molar-refractivity contribution in [2.24, 2.45) is 5.92 Å². The summed E-state index contributed by atoms with van der Waals surface area (Å²) in [7, 11) is -2.91. The zero-order valence-corrected chi connectivity index (χ0v) is 11.9. The molecule has 1 saturated carbocycles.